The van der Waals surface area contributed by atoms with Crippen LogP contribution in [0.1, 0.15) is 71.8 Å². The molecule has 0 spiro atoms. The van der Waals surface area contributed by atoms with Crippen LogP contribution in [0.2, 0.25) is 0 Å². The summed E-state index contributed by atoms with van der Waals surface area (Å²) in [6.07, 6.45) is -1.48. The Morgan fingerprint density at radius 2 is 1.08 bits per heavy atom. The monoisotopic (exact) mass is 532 g/mol. The molecule has 0 bridgehead atoms. The highest BCUT2D eigenvalue weighted by Crippen LogP contribution is 2.20. The van der Waals surface area contributed by atoms with E-state index in [0.29, 0.717) is 16.9 Å². The third-order valence-corrected chi connectivity index (χ3v) is 4.62. The molecule has 0 aromatic heterocycles. The fourth-order valence-electron chi connectivity index (χ4n) is 3.19. The van der Waals surface area contributed by atoms with Crippen LogP contribution in [0.15, 0.2) is 18.2 Å². The van der Waals surface area contributed by atoms with Gasteiger partial charge >= 0.3 is 23.9 Å². The Morgan fingerprint density at radius 3 is 1.42 bits per heavy atom. The first-order chi connectivity index (χ1) is 17.9. The molecule has 2 N–H and O–H groups in total. The van der Waals surface area contributed by atoms with Crippen molar-refractivity contribution in [3.8, 4) is 0 Å². The van der Waals surface area contributed by atoms with Gasteiger partial charge in [-0.05, 0) is 31.0 Å². The van der Waals surface area contributed by atoms with E-state index in [1.54, 1.807) is 18.2 Å². The van der Waals surface area contributed by atoms with Crippen LogP contribution in [0.3, 0.4) is 0 Å². The minimum atomic E-state index is -1.01. The van der Waals surface area contributed by atoms with E-state index in [1.807, 2.05) is 0 Å². The summed E-state index contributed by atoms with van der Waals surface area (Å²) in [7, 11) is 5.72. The van der Waals surface area contributed by atoms with Crippen molar-refractivity contribution in [2.75, 3.05) is 10.6 Å². The van der Waals surface area contributed by atoms with E-state index in [4.69, 9.17) is 26.8 Å². The molecule has 12 nitrogen and oxygen atoms in total. The van der Waals surface area contributed by atoms with Crippen molar-refractivity contribution >= 4 is 54.9 Å². The molecule has 1 rings (SSSR count). The van der Waals surface area contributed by atoms with Gasteiger partial charge in [0.2, 0.25) is 24.4 Å². The standard InChI is InChI=1S/C25H33BN2O10/c1-15(29)35-17(3)37-24(33)9-5-7-22(31)27-20-11-19(14-26)12-21(13-20)28-23(32)8-6-10-25(34)38-18(4)36-16(2)30/h11-13,17-18H,5-10,14H2,1-4H3,(H,27,31)(H,28,32). The number of anilines is 2. The minimum absolute atomic E-state index is 0.0256. The predicted molar refractivity (Wildman–Crippen MR) is 136 cm³/mol. The number of carbonyl (C=O) groups is 6. The maximum Gasteiger partial charge on any atom is 0.308 e. The molecule has 13 heteroatoms. The third-order valence-electron chi connectivity index (χ3n) is 4.62. The van der Waals surface area contributed by atoms with E-state index in [1.165, 1.54) is 27.7 Å². The van der Waals surface area contributed by atoms with Gasteiger partial charge in [0.15, 0.2) is 0 Å². The Hall–Kier alpha value is -3.90. The first-order valence-electron chi connectivity index (χ1n) is 12.0. The second-order valence-electron chi connectivity index (χ2n) is 8.26. The van der Waals surface area contributed by atoms with Crippen LogP contribution < -0.4 is 10.6 Å². The summed E-state index contributed by atoms with van der Waals surface area (Å²) >= 11 is 0. The topological polar surface area (TPSA) is 163 Å². The highest BCUT2D eigenvalue weighted by Gasteiger charge is 2.14. The summed E-state index contributed by atoms with van der Waals surface area (Å²) in [5.74, 6) is -3.08. The first kappa shape index (κ1) is 32.1. The van der Waals surface area contributed by atoms with Crippen LogP contribution >= 0.6 is 0 Å². The Balaban J connectivity index is 2.51. The smallest absolute Gasteiger partial charge is 0.308 e. The summed E-state index contributed by atoms with van der Waals surface area (Å²) < 4.78 is 19.2. The van der Waals surface area contributed by atoms with Crippen LogP contribution in [0.4, 0.5) is 11.4 Å². The molecule has 206 valence electrons. The molecule has 2 atom stereocenters. The van der Waals surface area contributed by atoms with Gasteiger partial charge in [-0.1, -0.05) is 11.9 Å². The lowest BCUT2D eigenvalue weighted by Crippen LogP contribution is -2.20. The summed E-state index contributed by atoms with van der Waals surface area (Å²) in [4.78, 5) is 69.8. The molecule has 2 amide bonds. The molecule has 1 aromatic rings. The van der Waals surface area contributed by atoms with E-state index in [9.17, 15) is 28.8 Å². The Morgan fingerprint density at radius 1 is 0.684 bits per heavy atom. The van der Waals surface area contributed by atoms with Gasteiger partial charge in [-0.2, -0.15) is 0 Å². The molecule has 2 unspecified atom stereocenters. The predicted octanol–water partition coefficient (Wildman–Crippen LogP) is 2.48. The van der Waals surface area contributed by atoms with Gasteiger partial charge in [0.25, 0.3) is 0 Å². The zero-order chi connectivity index (χ0) is 28.7. The summed E-state index contributed by atoms with van der Waals surface area (Å²) in [5, 5.41) is 5.39. The zero-order valence-electron chi connectivity index (χ0n) is 22.0. The lowest BCUT2D eigenvalue weighted by molar-refractivity contribution is -0.184. The van der Waals surface area contributed by atoms with Gasteiger partial charge in [0, 0.05) is 64.8 Å². The number of hydrogen-bond donors (Lipinski definition) is 2. The maximum atomic E-state index is 12.3. The normalized spacial score (nSPS) is 11.9. The summed E-state index contributed by atoms with van der Waals surface area (Å²) in [6, 6.07) is 4.87. The summed E-state index contributed by atoms with van der Waals surface area (Å²) in [6.45, 7) is 5.22. The Kier molecular flexibility index (Phi) is 14.2. The number of carbonyl (C=O) groups excluding carboxylic acids is 6. The number of hydrogen-bond acceptors (Lipinski definition) is 10. The lowest BCUT2D eigenvalue weighted by Gasteiger charge is -2.13. The number of ether oxygens (including phenoxy) is 4. The molecule has 0 heterocycles. The SMILES string of the molecule is [B]Cc1cc(NC(=O)CCCC(=O)OC(C)OC(C)=O)cc(NC(=O)CCCC(=O)OC(C)OC(C)=O)c1. The van der Waals surface area contributed by atoms with E-state index < -0.39 is 36.5 Å². The van der Waals surface area contributed by atoms with Crippen molar-refractivity contribution in [2.24, 2.45) is 0 Å². The van der Waals surface area contributed by atoms with Crippen molar-refractivity contribution in [3.63, 3.8) is 0 Å². The van der Waals surface area contributed by atoms with Gasteiger partial charge in [-0.3, -0.25) is 28.8 Å². The zero-order valence-corrected chi connectivity index (χ0v) is 22.0. The van der Waals surface area contributed by atoms with Crippen LogP contribution in [-0.2, 0) is 54.0 Å². The van der Waals surface area contributed by atoms with Crippen LogP contribution in [0.25, 0.3) is 0 Å². The van der Waals surface area contributed by atoms with E-state index in [-0.39, 0.29) is 56.7 Å². The highest BCUT2D eigenvalue weighted by atomic mass is 16.7. The lowest BCUT2D eigenvalue weighted by atomic mass is 9.96. The van der Waals surface area contributed by atoms with E-state index >= 15 is 0 Å². The number of amides is 2. The summed E-state index contributed by atoms with van der Waals surface area (Å²) in [5.41, 5.74) is 1.47. The molecule has 0 aliphatic rings. The van der Waals surface area contributed by atoms with Crippen molar-refractivity contribution in [1.29, 1.82) is 0 Å². The van der Waals surface area contributed by atoms with Crippen LogP contribution in [0.5, 0.6) is 0 Å². The average Bonchev–Trinajstić information content (AvgIpc) is 2.77. The van der Waals surface area contributed by atoms with Crippen molar-refractivity contribution in [3.05, 3.63) is 23.8 Å². The molecule has 0 aliphatic carbocycles. The molecule has 0 aliphatic heterocycles. The van der Waals surface area contributed by atoms with Crippen molar-refractivity contribution in [1.82, 2.24) is 0 Å². The van der Waals surface area contributed by atoms with Gasteiger partial charge in [0.1, 0.15) is 0 Å². The van der Waals surface area contributed by atoms with Crippen molar-refractivity contribution in [2.45, 2.75) is 85.1 Å². The quantitative estimate of drug-likeness (QED) is 0.195. The third kappa shape index (κ3) is 14.6. The number of esters is 4. The number of benzene rings is 1. The first-order valence-corrected chi connectivity index (χ1v) is 12.0. The molecular weight excluding hydrogens is 499 g/mol. The van der Waals surface area contributed by atoms with E-state index in [2.05, 4.69) is 10.6 Å². The number of rotatable bonds is 15. The molecule has 0 saturated carbocycles. The van der Waals surface area contributed by atoms with Gasteiger partial charge in [-0.15, -0.1) is 0 Å². The maximum absolute atomic E-state index is 12.3. The molecule has 38 heavy (non-hydrogen) atoms. The van der Waals surface area contributed by atoms with Crippen LogP contribution in [0, 0.1) is 0 Å². The average molecular weight is 532 g/mol. The molecule has 2 radical (unpaired) electrons. The van der Waals surface area contributed by atoms with Crippen molar-refractivity contribution < 1.29 is 47.7 Å². The fraction of sp³-hybridized carbons (Fsp3) is 0.520. The molecular formula is C25H33BN2O10. The minimum Gasteiger partial charge on any atom is -0.426 e. The number of nitrogens with one attached hydrogen (secondary N) is 2. The van der Waals surface area contributed by atoms with Crippen LogP contribution in [-0.4, -0.2) is 56.1 Å². The molecule has 0 fully saturated rings. The highest BCUT2D eigenvalue weighted by molar-refractivity contribution is 6.08. The second kappa shape index (κ2) is 16.8. The van der Waals surface area contributed by atoms with Gasteiger partial charge < -0.3 is 29.6 Å². The van der Waals surface area contributed by atoms with Gasteiger partial charge in [-0.25, -0.2) is 0 Å². The van der Waals surface area contributed by atoms with E-state index in [0.717, 1.165) is 0 Å². The molecule has 1 aromatic carbocycles. The second-order valence-corrected chi connectivity index (χ2v) is 8.26. The Bertz CT molecular complexity index is 940. The Labute approximate surface area is 222 Å². The van der Waals surface area contributed by atoms with Gasteiger partial charge in [0.05, 0.1) is 7.85 Å². The largest absolute Gasteiger partial charge is 0.426 e. The molecule has 0 saturated heterocycles. The fourth-order valence-corrected chi connectivity index (χ4v) is 3.19.